The number of rotatable bonds is 9. The Labute approximate surface area is 130 Å². The van der Waals surface area contributed by atoms with Crippen LogP contribution in [0.15, 0.2) is 30.3 Å². The maximum Gasteiger partial charge on any atom is 0.0799 e. The molecule has 0 aliphatic carbocycles. The molecule has 0 amide bonds. The van der Waals surface area contributed by atoms with Crippen molar-refractivity contribution in [3.63, 3.8) is 0 Å². The Kier molecular flexibility index (Phi) is 7.36. The molecule has 0 aliphatic heterocycles. The van der Waals surface area contributed by atoms with Crippen LogP contribution in [-0.2, 0) is 5.54 Å². The normalized spacial score (nSPS) is 14.9. The zero-order chi connectivity index (χ0) is 15.9. The Morgan fingerprint density at radius 3 is 2.14 bits per heavy atom. The molecule has 3 nitrogen and oxygen atoms in total. The van der Waals surface area contributed by atoms with E-state index in [0.717, 1.165) is 24.9 Å². The maximum absolute atomic E-state index is 10.2. The van der Waals surface area contributed by atoms with Gasteiger partial charge in [0.15, 0.2) is 0 Å². The van der Waals surface area contributed by atoms with Crippen molar-refractivity contribution in [2.45, 2.75) is 58.2 Å². The lowest BCUT2D eigenvalue weighted by Gasteiger charge is -2.41. The van der Waals surface area contributed by atoms with Crippen LogP contribution in [0.4, 0.5) is 0 Å². The second kappa shape index (κ2) is 8.52. The van der Waals surface area contributed by atoms with E-state index >= 15 is 0 Å². The molecule has 0 heterocycles. The standard InChI is InChI=1S/C18H32N2O/c1-6-17(7-2)20(5)13-18(14-21,19-15(3)4)16-11-9-8-10-12-16/h8-12,15,17,19,21H,6-7,13-14H2,1-5H3. The molecule has 0 spiro atoms. The minimum atomic E-state index is -0.410. The highest BCUT2D eigenvalue weighted by atomic mass is 16.3. The lowest BCUT2D eigenvalue weighted by Crippen LogP contribution is -2.56. The zero-order valence-electron chi connectivity index (χ0n) is 14.3. The van der Waals surface area contributed by atoms with Gasteiger partial charge in [0.2, 0.25) is 0 Å². The number of likely N-dealkylation sites (N-methyl/N-ethyl adjacent to an activating group) is 1. The van der Waals surface area contributed by atoms with Crippen LogP contribution in [0.1, 0.15) is 46.1 Å². The fourth-order valence-corrected chi connectivity index (χ4v) is 3.18. The van der Waals surface area contributed by atoms with Crippen molar-refractivity contribution in [3.05, 3.63) is 35.9 Å². The molecule has 0 fully saturated rings. The first kappa shape index (κ1) is 18.1. The van der Waals surface area contributed by atoms with Gasteiger partial charge in [-0.2, -0.15) is 0 Å². The lowest BCUT2D eigenvalue weighted by molar-refractivity contribution is 0.0892. The van der Waals surface area contributed by atoms with Crippen molar-refractivity contribution >= 4 is 0 Å². The lowest BCUT2D eigenvalue weighted by atomic mass is 9.88. The summed E-state index contributed by atoms with van der Waals surface area (Å²) in [5, 5.41) is 13.8. The average molecular weight is 292 g/mol. The van der Waals surface area contributed by atoms with Crippen molar-refractivity contribution < 1.29 is 5.11 Å². The quantitative estimate of drug-likeness (QED) is 0.734. The highest BCUT2D eigenvalue weighted by molar-refractivity contribution is 5.25. The first-order chi connectivity index (χ1) is 9.99. The van der Waals surface area contributed by atoms with E-state index in [0.29, 0.717) is 12.1 Å². The molecular formula is C18H32N2O. The Hall–Kier alpha value is -0.900. The van der Waals surface area contributed by atoms with Crippen LogP contribution in [0.3, 0.4) is 0 Å². The van der Waals surface area contributed by atoms with Crippen molar-refractivity contribution in [2.24, 2.45) is 0 Å². The number of nitrogens with one attached hydrogen (secondary N) is 1. The monoisotopic (exact) mass is 292 g/mol. The first-order valence-corrected chi connectivity index (χ1v) is 8.13. The molecule has 1 unspecified atom stereocenters. The Morgan fingerprint density at radius 2 is 1.71 bits per heavy atom. The van der Waals surface area contributed by atoms with Gasteiger partial charge in [-0.05, 0) is 39.3 Å². The highest BCUT2D eigenvalue weighted by Gasteiger charge is 2.34. The summed E-state index contributed by atoms with van der Waals surface area (Å²) in [6.07, 6.45) is 2.26. The Bertz CT molecular complexity index is 389. The molecule has 3 heteroatoms. The van der Waals surface area contributed by atoms with E-state index in [9.17, 15) is 5.11 Å². The number of hydrogen-bond donors (Lipinski definition) is 2. The molecule has 2 N–H and O–H groups in total. The molecule has 120 valence electrons. The van der Waals surface area contributed by atoms with Crippen LogP contribution in [0, 0.1) is 0 Å². The fraction of sp³-hybridized carbons (Fsp3) is 0.667. The predicted octanol–water partition coefficient (Wildman–Crippen LogP) is 2.99. The van der Waals surface area contributed by atoms with Gasteiger partial charge in [0.05, 0.1) is 12.1 Å². The summed E-state index contributed by atoms with van der Waals surface area (Å²) in [6.45, 7) is 9.61. The zero-order valence-corrected chi connectivity index (χ0v) is 14.3. The molecule has 0 saturated heterocycles. The van der Waals surface area contributed by atoms with Gasteiger partial charge >= 0.3 is 0 Å². The van der Waals surface area contributed by atoms with Crippen LogP contribution in [0.5, 0.6) is 0 Å². The third-order valence-corrected chi connectivity index (χ3v) is 4.25. The number of nitrogens with zero attached hydrogens (tertiary/aromatic N) is 1. The molecule has 1 rings (SSSR count). The van der Waals surface area contributed by atoms with E-state index < -0.39 is 5.54 Å². The fourth-order valence-electron chi connectivity index (χ4n) is 3.18. The number of benzene rings is 1. The van der Waals surface area contributed by atoms with Gasteiger partial charge < -0.3 is 15.3 Å². The van der Waals surface area contributed by atoms with Crippen LogP contribution in [0.2, 0.25) is 0 Å². The van der Waals surface area contributed by atoms with Gasteiger partial charge in [-0.3, -0.25) is 0 Å². The van der Waals surface area contributed by atoms with Crippen molar-refractivity contribution in [3.8, 4) is 0 Å². The van der Waals surface area contributed by atoms with Gasteiger partial charge in [0, 0.05) is 18.6 Å². The average Bonchev–Trinajstić information content (AvgIpc) is 2.48. The van der Waals surface area contributed by atoms with E-state index in [-0.39, 0.29) is 6.61 Å². The molecule has 1 atom stereocenters. The summed E-state index contributed by atoms with van der Waals surface area (Å²) in [6, 6.07) is 11.2. The summed E-state index contributed by atoms with van der Waals surface area (Å²) in [4.78, 5) is 2.37. The van der Waals surface area contributed by atoms with Gasteiger partial charge in [0.1, 0.15) is 0 Å². The number of hydrogen-bond acceptors (Lipinski definition) is 3. The first-order valence-electron chi connectivity index (χ1n) is 8.13. The molecular weight excluding hydrogens is 260 g/mol. The SMILES string of the molecule is CCC(CC)N(C)CC(CO)(NC(C)C)c1ccccc1. The Morgan fingerprint density at radius 1 is 1.14 bits per heavy atom. The molecule has 21 heavy (non-hydrogen) atoms. The minimum Gasteiger partial charge on any atom is -0.394 e. The largest absolute Gasteiger partial charge is 0.394 e. The van der Waals surface area contributed by atoms with Gasteiger partial charge in [-0.25, -0.2) is 0 Å². The van der Waals surface area contributed by atoms with E-state index in [1.165, 1.54) is 0 Å². The van der Waals surface area contributed by atoms with Gasteiger partial charge in [-0.1, -0.05) is 44.2 Å². The predicted molar refractivity (Wildman–Crippen MR) is 90.5 cm³/mol. The van der Waals surface area contributed by atoms with E-state index in [2.05, 4.69) is 57.1 Å². The second-order valence-corrected chi connectivity index (χ2v) is 6.29. The van der Waals surface area contributed by atoms with Gasteiger partial charge in [0.25, 0.3) is 0 Å². The smallest absolute Gasteiger partial charge is 0.0799 e. The van der Waals surface area contributed by atoms with Crippen molar-refractivity contribution in [2.75, 3.05) is 20.2 Å². The molecule has 0 saturated carbocycles. The topological polar surface area (TPSA) is 35.5 Å². The second-order valence-electron chi connectivity index (χ2n) is 6.29. The molecule has 1 aromatic carbocycles. The summed E-state index contributed by atoms with van der Waals surface area (Å²) in [7, 11) is 2.16. The number of aliphatic hydroxyl groups excluding tert-OH is 1. The van der Waals surface area contributed by atoms with E-state index in [1.807, 2.05) is 18.2 Å². The maximum atomic E-state index is 10.2. The number of aliphatic hydroxyl groups is 1. The van der Waals surface area contributed by atoms with E-state index in [1.54, 1.807) is 0 Å². The van der Waals surface area contributed by atoms with Crippen molar-refractivity contribution in [1.82, 2.24) is 10.2 Å². The summed E-state index contributed by atoms with van der Waals surface area (Å²) in [5.74, 6) is 0. The summed E-state index contributed by atoms with van der Waals surface area (Å²) < 4.78 is 0. The minimum absolute atomic E-state index is 0.0969. The third-order valence-electron chi connectivity index (χ3n) is 4.25. The summed E-state index contributed by atoms with van der Waals surface area (Å²) >= 11 is 0. The highest BCUT2D eigenvalue weighted by Crippen LogP contribution is 2.24. The third kappa shape index (κ3) is 4.80. The van der Waals surface area contributed by atoms with Crippen LogP contribution >= 0.6 is 0 Å². The molecule has 0 aromatic heterocycles. The summed E-state index contributed by atoms with van der Waals surface area (Å²) in [5.41, 5.74) is 0.742. The van der Waals surface area contributed by atoms with Crippen LogP contribution in [0.25, 0.3) is 0 Å². The van der Waals surface area contributed by atoms with Crippen molar-refractivity contribution in [1.29, 1.82) is 0 Å². The molecule has 1 aromatic rings. The van der Waals surface area contributed by atoms with Crippen LogP contribution in [-0.4, -0.2) is 42.3 Å². The molecule has 0 bridgehead atoms. The van der Waals surface area contributed by atoms with E-state index in [4.69, 9.17) is 0 Å². The Balaban J connectivity index is 3.07. The van der Waals surface area contributed by atoms with Crippen LogP contribution < -0.4 is 5.32 Å². The molecule has 0 radical (unpaired) electrons. The molecule has 0 aliphatic rings. The van der Waals surface area contributed by atoms with Gasteiger partial charge in [-0.15, -0.1) is 0 Å².